The Labute approximate surface area is 277 Å². The average Bonchev–Trinajstić information content (AvgIpc) is 3.42. The zero-order valence-corrected chi connectivity index (χ0v) is 27.9. The maximum Gasteiger partial charge on any atom is 0.416 e. The number of likely N-dealkylation sites (tertiary alicyclic amines) is 1. The van der Waals surface area contributed by atoms with Gasteiger partial charge in [0, 0.05) is 49.1 Å². The van der Waals surface area contributed by atoms with Crippen LogP contribution in [0.2, 0.25) is 0 Å². The van der Waals surface area contributed by atoms with Crippen LogP contribution in [-0.4, -0.2) is 33.6 Å². The lowest BCUT2D eigenvalue weighted by molar-refractivity contribution is -0.143. The SMILES string of the molecule is C=C1CC(c2cc(C(F)(F)F)cc(C(F)(F)F)c2)C(C)N1Cc1nc(N2CCC2)ccc1-c1cc(-c2c(C)cc(C)n2C)ccc1CC. The molecule has 6 rings (SSSR count). The van der Waals surface area contributed by atoms with Crippen LogP contribution in [0.25, 0.3) is 22.4 Å². The van der Waals surface area contributed by atoms with E-state index >= 15 is 0 Å². The van der Waals surface area contributed by atoms with Gasteiger partial charge in [-0.2, -0.15) is 26.3 Å². The van der Waals surface area contributed by atoms with Gasteiger partial charge in [-0.3, -0.25) is 0 Å². The Morgan fingerprint density at radius 3 is 2.08 bits per heavy atom. The highest BCUT2D eigenvalue weighted by Gasteiger charge is 2.40. The summed E-state index contributed by atoms with van der Waals surface area (Å²) in [6, 6.07) is 14.3. The highest BCUT2D eigenvalue weighted by atomic mass is 19.4. The highest BCUT2D eigenvalue weighted by molar-refractivity contribution is 5.78. The van der Waals surface area contributed by atoms with Crippen molar-refractivity contribution in [3.05, 3.63) is 106 Å². The van der Waals surface area contributed by atoms with Crippen molar-refractivity contribution in [2.45, 2.75) is 77.8 Å². The Morgan fingerprint density at radius 1 is 0.875 bits per heavy atom. The number of halogens is 6. The number of nitrogens with zero attached hydrogens (tertiary/aromatic N) is 4. The van der Waals surface area contributed by atoms with Crippen LogP contribution in [0.5, 0.6) is 0 Å². The van der Waals surface area contributed by atoms with E-state index in [1.165, 1.54) is 5.56 Å². The predicted molar refractivity (Wildman–Crippen MR) is 178 cm³/mol. The molecule has 2 unspecified atom stereocenters. The molecule has 0 aliphatic carbocycles. The van der Waals surface area contributed by atoms with Gasteiger partial charge in [0.25, 0.3) is 0 Å². The fourth-order valence-electron chi connectivity index (χ4n) is 7.25. The van der Waals surface area contributed by atoms with Crippen LogP contribution in [0.15, 0.2) is 66.9 Å². The second kappa shape index (κ2) is 12.3. The molecule has 0 N–H and O–H groups in total. The number of hydrogen-bond donors (Lipinski definition) is 0. The molecule has 2 atom stereocenters. The van der Waals surface area contributed by atoms with Crippen LogP contribution < -0.4 is 4.90 Å². The highest BCUT2D eigenvalue weighted by Crippen LogP contribution is 2.45. The molecule has 0 saturated carbocycles. The molecule has 2 aromatic carbocycles. The number of allylic oxidation sites excluding steroid dienone is 1. The molecule has 0 amide bonds. The average molecular weight is 667 g/mol. The topological polar surface area (TPSA) is 24.3 Å². The van der Waals surface area contributed by atoms with Crippen LogP contribution in [-0.2, 0) is 32.4 Å². The molecular formula is C38H40F6N4. The summed E-state index contributed by atoms with van der Waals surface area (Å²) in [6.45, 7) is 14.5. The van der Waals surface area contributed by atoms with E-state index in [9.17, 15) is 26.3 Å². The van der Waals surface area contributed by atoms with Crippen molar-refractivity contribution < 1.29 is 26.3 Å². The van der Waals surface area contributed by atoms with Gasteiger partial charge in [0.15, 0.2) is 0 Å². The van der Waals surface area contributed by atoms with Gasteiger partial charge in [0.05, 0.1) is 29.1 Å². The van der Waals surface area contributed by atoms with Crippen molar-refractivity contribution in [2.75, 3.05) is 18.0 Å². The van der Waals surface area contributed by atoms with E-state index in [4.69, 9.17) is 4.98 Å². The lowest BCUT2D eigenvalue weighted by Gasteiger charge is -2.33. The van der Waals surface area contributed by atoms with Crippen LogP contribution >= 0.6 is 0 Å². The van der Waals surface area contributed by atoms with E-state index in [-0.39, 0.29) is 18.1 Å². The molecule has 0 radical (unpaired) electrons. The Bertz CT molecular complexity index is 1830. The lowest BCUT2D eigenvalue weighted by atomic mass is 9.89. The van der Waals surface area contributed by atoms with Crippen molar-refractivity contribution in [3.63, 3.8) is 0 Å². The molecule has 0 spiro atoms. The van der Waals surface area contributed by atoms with Crippen molar-refractivity contribution in [1.82, 2.24) is 14.5 Å². The van der Waals surface area contributed by atoms with E-state index < -0.39 is 35.4 Å². The van der Waals surface area contributed by atoms with Crippen molar-refractivity contribution >= 4 is 5.82 Å². The summed E-state index contributed by atoms with van der Waals surface area (Å²) in [5.74, 6) is 0.241. The number of rotatable bonds is 7. The van der Waals surface area contributed by atoms with Crippen LogP contribution in [0.1, 0.15) is 71.8 Å². The summed E-state index contributed by atoms with van der Waals surface area (Å²) >= 11 is 0. The van der Waals surface area contributed by atoms with Gasteiger partial charge in [-0.25, -0.2) is 4.98 Å². The summed E-state index contributed by atoms with van der Waals surface area (Å²) in [5.41, 5.74) is 6.54. The number of benzene rings is 2. The lowest BCUT2D eigenvalue weighted by Crippen LogP contribution is -2.38. The zero-order chi connectivity index (χ0) is 34.7. The minimum atomic E-state index is -4.91. The van der Waals surface area contributed by atoms with E-state index in [1.807, 2.05) is 17.9 Å². The third-order valence-electron chi connectivity index (χ3n) is 10.2. The van der Waals surface area contributed by atoms with E-state index in [2.05, 4.69) is 74.2 Å². The summed E-state index contributed by atoms with van der Waals surface area (Å²) in [6.07, 6.45) is -7.71. The first-order chi connectivity index (χ1) is 22.6. The quantitative estimate of drug-likeness (QED) is 0.184. The molecule has 2 aromatic heterocycles. The fourth-order valence-corrected chi connectivity index (χ4v) is 7.25. The molecule has 4 aromatic rings. The molecule has 2 aliphatic rings. The first-order valence-corrected chi connectivity index (χ1v) is 16.3. The predicted octanol–water partition coefficient (Wildman–Crippen LogP) is 10.1. The third kappa shape index (κ3) is 6.21. The Hall–Kier alpha value is -4.21. The molecular weight excluding hydrogens is 626 g/mol. The van der Waals surface area contributed by atoms with Gasteiger partial charge < -0.3 is 14.4 Å². The van der Waals surface area contributed by atoms with E-state index in [0.717, 1.165) is 83.2 Å². The molecule has 4 nitrogen and oxygen atoms in total. The van der Waals surface area contributed by atoms with E-state index in [0.29, 0.717) is 12.2 Å². The maximum absolute atomic E-state index is 13.7. The number of pyridine rings is 1. The Balaban J connectivity index is 1.41. The summed E-state index contributed by atoms with van der Waals surface area (Å²) in [4.78, 5) is 9.34. The smallest absolute Gasteiger partial charge is 0.366 e. The van der Waals surface area contributed by atoms with Gasteiger partial charge in [-0.1, -0.05) is 25.6 Å². The second-order valence-corrected chi connectivity index (χ2v) is 13.2. The molecule has 2 saturated heterocycles. The summed E-state index contributed by atoms with van der Waals surface area (Å²) in [5, 5.41) is 0. The first kappa shape index (κ1) is 33.7. The maximum atomic E-state index is 13.7. The Morgan fingerprint density at radius 2 is 1.54 bits per heavy atom. The van der Waals surface area contributed by atoms with Gasteiger partial charge in [0.2, 0.25) is 0 Å². The van der Waals surface area contributed by atoms with Crippen molar-refractivity contribution in [2.24, 2.45) is 7.05 Å². The van der Waals surface area contributed by atoms with Gasteiger partial charge >= 0.3 is 12.4 Å². The molecule has 254 valence electrons. The number of hydrogen-bond acceptors (Lipinski definition) is 3. The standard InChI is InChI=1S/C38H40F6N4/c1-7-26-9-10-27(36-22(2)15-23(3)46(36)6)19-33(26)31-11-12-35(47-13-8-14-47)45-34(31)21-48-24(4)16-32(25(48)5)28-17-29(37(39,40)41)20-30(18-28)38(42,43)44/h9-12,15,17-20,25,32H,4,7-8,13-14,16,21H2,1-3,5-6H3. The minimum absolute atomic E-state index is 0.00464. The van der Waals surface area contributed by atoms with E-state index in [1.54, 1.807) is 0 Å². The molecule has 0 bridgehead atoms. The van der Waals surface area contributed by atoms with Crippen molar-refractivity contribution in [3.8, 4) is 22.4 Å². The zero-order valence-electron chi connectivity index (χ0n) is 27.9. The third-order valence-corrected chi connectivity index (χ3v) is 10.2. The van der Waals surface area contributed by atoms with Gasteiger partial charge in [-0.15, -0.1) is 0 Å². The van der Waals surface area contributed by atoms with Crippen LogP contribution in [0.3, 0.4) is 0 Å². The van der Waals surface area contributed by atoms with Crippen LogP contribution in [0, 0.1) is 13.8 Å². The van der Waals surface area contributed by atoms with Crippen molar-refractivity contribution in [1.29, 1.82) is 0 Å². The first-order valence-electron chi connectivity index (χ1n) is 16.3. The number of alkyl halides is 6. The largest absolute Gasteiger partial charge is 0.416 e. The molecule has 2 aliphatic heterocycles. The monoisotopic (exact) mass is 666 g/mol. The fraction of sp³-hybridized carbons (Fsp3) is 0.395. The number of aromatic nitrogens is 2. The molecule has 10 heteroatoms. The van der Waals surface area contributed by atoms with Gasteiger partial charge in [-0.05, 0) is 110 Å². The van der Waals surface area contributed by atoms with Crippen LogP contribution in [0.4, 0.5) is 32.2 Å². The normalized spacial score (nSPS) is 18.5. The minimum Gasteiger partial charge on any atom is -0.366 e. The summed E-state index contributed by atoms with van der Waals surface area (Å²) in [7, 11) is 2.05. The summed E-state index contributed by atoms with van der Waals surface area (Å²) < 4.78 is 84.6. The Kier molecular flexibility index (Phi) is 8.67. The molecule has 48 heavy (non-hydrogen) atoms. The van der Waals surface area contributed by atoms with Gasteiger partial charge in [0.1, 0.15) is 5.82 Å². The number of aryl methyl sites for hydroxylation is 3. The molecule has 4 heterocycles. The molecule has 2 fully saturated rings. The number of anilines is 1. The second-order valence-electron chi connectivity index (χ2n) is 13.2.